The molecule has 0 unspecified atom stereocenters. The highest BCUT2D eigenvalue weighted by Crippen LogP contribution is 2.36. The van der Waals surface area contributed by atoms with Crippen molar-refractivity contribution in [1.82, 2.24) is 0 Å². The average molecular weight is 299 g/mol. The molecular weight excluding hydrogens is 293 g/mol. The summed E-state index contributed by atoms with van der Waals surface area (Å²) in [5.41, 5.74) is -1.22. The van der Waals surface area contributed by atoms with Crippen LogP contribution in [0.25, 0.3) is 0 Å². The van der Waals surface area contributed by atoms with Crippen LogP contribution in [0.15, 0.2) is 18.2 Å². The van der Waals surface area contributed by atoms with Gasteiger partial charge in [0.15, 0.2) is 0 Å². The molecule has 1 amide bonds. The van der Waals surface area contributed by atoms with Crippen LogP contribution in [0.5, 0.6) is 5.75 Å². The fraction of sp³-hybridized carbons (Fsp3) is 0.200. The van der Waals surface area contributed by atoms with Crippen LogP contribution in [0.3, 0.4) is 0 Å². The number of hydrogen-bond acceptors (Lipinski definition) is 3. The maximum absolute atomic E-state index is 12.6. The maximum Gasteiger partial charge on any atom is 0.463 e. The Morgan fingerprint density at radius 2 is 1.65 bits per heavy atom. The second-order valence-corrected chi connectivity index (χ2v) is 3.56. The van der Waals surface area contributed by atoms with Crippen molar-refractivity contribution in [1.29, 1.82) is 0 Å². The molecule has 20 heavy (non-hydrogen) atoms. The van der Waals surface area contributed by atoms with Crippen LogP contribution in [0.4, 0.5) is 27.6 Å². The molecule has 0 aliphatic heterocycles. The van der Waals surface area contributed by atoms with E-state index in [1.54, 1.807) is 0 Å². The molecule has 0 aliphatic rings. The van der Waals surface area contributed by atoms with Gasteiger partial charge in [-0.25, -0.2) is 4.79 Å². The van der Waals surface area contributed by atoms with Crippen LogP contribution < -0.4 is 5.32 Å². The highest BCUT2D eigenvalue weighted by molar-refractivity contribution is 5.98. The van der Waals surface area contributed by atoms with Crippen molar-refractivity contribution in [2.75, 3.05) is 5.32 Å². The van der Waals surface area contributed by atoms with Crippen LogP contribution >= 0.6 is 0 Å². The summed E-state index contributed by atoms with van der Waals surface area (Å²) in [6.07, 6.45) is -6.07. The molecule has 110 valence electrons. The van der Waals surface area contributed by atoms with Gasteiger partial charge in [0.05, 0.1) is 0 Å². The summed E-state index contributed by atoms with van der Waals surface area (Å²) in [5.74, 6) is -10.7. The summed E-state index contributed by atoms with van der Waals surface area (Å²) < 4.78 is 60.9. The summed E-state index contributed by atoms with van der Waals surface area (Å²) in [6.45, 7) is 0. The Hall–Kier alpha value is -2.39. The summed E-state index contributed by atoms with van der Waals surface area (Å²) in [4.78, 5) is 21.4. The summed E-state index contributed by atoms with van der Waals surface area (Å²) in [6, 6.07) is 2.03. The van der Waals surface area contributed by atoms with E-state index in [1.807, 2.05) is 0 Å². The molecule has 0 fully saturated rings. The van der Waals surface area contributed by atoms with Crippen molar-refractivity contribution in [3.05, 3.63) is 23.8 Å². The van der Waals surface area contributed by atoms with Gasteiger partial charge in [0.2, 0.25) is 0 Å². The monoisotopic (exact) mass is 299 g/mol. The molecule has 1 rings (SSSR count). The number of carbonyl (C=O) groups excluding carboxylic acids is 1. The Balaban J connectivity index is 2.98. The fourth-order valence-corrected chi connectivity index (χ4v) is 1.13. The number of phenols is 1. The number of nitrogens with one attached hydrogen (secondary N) is 1. The van der Waals surface area contributed by atoms with Crippen molar-refractivity contribution in [3.63, 3.8) is 0 Å². The number of alkyl halides is 5. The van der Waals surface area contributed by atoms with Gasteiger partial charge in [0, 0.05) is 11.8 Å². The van der Waals surface area contributed by atoms with Gasteiger partial charge in [-0.05, 0) is 12.1 Å². The molecule has 0 aliphatic carbocycles. The topological polar surface area (TPSA) is 86.6 Å². The molecule has 0 saturated heterocycles. The van der Waals surface area contributed by atoms with Gasteiger partial charge in [-0.3, -0.25) is 4.79 Å². The number of aromatic carboxylic acids is 1. The lowest BCUT2D eigenvalue weighted by Crippen LogP contribution is -2.47. The van der Waals surface area contributed by atoms with E-state index in [-0.39, 0.29) is 0 Å². The van der Waals surface area contributed by atoms with E-state index >= 15 is 0 Å². The molecule has 3 N–H and O–H groups in total. The first-order valence-corrected chi connectivity index (χ1v) is 4.79. The minimum atomic E-state index is -6.07. The normalized spacial score (nSPS) is 12.1. The Bertz CT molecular complexity index is 555. The standard InChI is InChI=1S/C10H6F5NO4/c11-9(12,10(13,14)15)8(20)16-4-1-2-5(7(18)19)6(17)3-4/h1-3,17H,(H,16,20)(H,18,19). The number of amides is 1. The Morgan fingerprint density at radius 3 is 2.05 bits per heavy atom. The zero-order chi connectivity index (χ0) is 15.7. The van der Waals surface area contributed by atoms with E-state index in [0.717, 1.165) is 12.1 Å². The van der Waals surface area contributed by atoms with E-state index < -0.39 is 41.0 Å². The van der Waals surface area contributed by atoms with Gasteiger partial charge in [0.25, 0.3) is 0 Å². The molecule has 1 aromatic carbocycles. The minimum absolute atomic E-state index is 0.536. The molecule has 0 atom stereocenters. The number of carbonyl (C=O) groups is 2. The molecule has 1 aromatic rings. The summed E-state index contributed by atoms with van der Waals surface area (Å²) in [5, 5.41) is 19.0. The van der Waals surface area contributed by atoms with E-state index in [1.165, 1.54) is 5.32 Å². The maximum atomic E-state index is 12.6. The quantitative estimate of drug-likeness (QED) is 0.747. The highest BCUT2D eigenvalue weighted by atomic mass is 19.4. The second-order valence-electron chi connectivity index (χ2n) is 3.56. The van der Waals surface area contributed by atoms with Gasteiger partial charge in [-0.1, -0.05) is 0 Å². The molecule has 0 heterocycles. The molecule has 0 radical (unpaired) electrons. The number of aromatic hydroxyl groups is 1. The Morgan fingerprint density at radius 1 is 1.10 bits per heavy atom. The molecule has 0 saturated carbocycles. The van der Waals surface area contributed by atoms with Crippen LogP contribution in [0, 0.1) is 0 Å². The van der Waals surface area contributed by atoms with Crippen molar-refractivity contribution >= 4 is 17.6 Å². The molecular formula is C10H6F5NO4. The van der Waals surface area contributed by atoms with Gasteiger partial charge >= 0.3 is 24.0 Å². The lowest BCUT2D eigenvalue weighted by atomic mass is 10.1. The van der Waals surface area contributed by atoms with E-state index in [0.29, 0.717) is 6.07 Å². The first kappa shape index (κ1) is 15.7. The van der Waals surface area contributed by atoms with E-state index in [2.05, 4.69) is 0 Å². The third-order valence-corrected chi connectivity index (χ3v) is 2.13. The Labute approximate surface area is 107 Å². The number of hydrogen-bond donors (Lipinski definition) is 3. The molecule has 0 aromatic heterocycles. The second kappa shape index (κ2) is 4.94. The van der Waals surface area contributed by atoms with Crippen LogP contribution in [-0.2, 0) is 4.79 Å². The van der Waals surface area contributed by atoms with Crippen LogP contribution in [0.2, 0.25) is 0 Å². The predicted molar refractivity (Wildman–Crippen MR) is 54.7 cm³/mol. The fourth-order valence-electron chi connectivity index (χ4n) is 1.13. The first-order valence-electron chi connectivity index (χ1n) is 4.79. The van der Waals surface area contributed by atoms with Crippen LogP contribution in [-0.4, -0.2) is 34.2 Å². The summed E-state index contributed by atoms with van der Waals surface area (Å²) >= 11 is 0. The van der Waals surface area contributed by atoms with E-state index in [9.17, 15) is 36.6 Å². The van der Waals surface area contributed by atoms with Gasteiger partial charge in [-0.2, -0.15) is 22.0 Å². The van der Waals surface area contributed by atoms with E-state index in [4.69, 9.17) is 5.11 Å². The van der Waals surface area contributed by atoms with Crippen molar-refractivity contribution in [3.8, 4) is 5.75 Å². The minimum Gasteiger partial charge on any atom is -0.507 e. The van der Waals surface area contributed by atoms with Gasteiger partial charge in [-0.15, -0.1) is 0 Å². The van der Waals surface area contributed by atoms with Crippen molar-refractivity contribution < 1.29 is 41.8 Å². The number of halogens is 5. The third-order valence-electron chi connectivity index (χ3n) is 2.13. The zero-order valence-corrected chi connectivity index (χ0v) is 9.33. The number of rotatable bonds is 3. The van der Waals surface area contributed by atoms with Gasteiger partial charge < -0.3 is 15.5 Å². The number of benzene rings is 1. The lowest BCUT2D eigenvalue weighted by molar-refractivity contribution is -0.267. The van der Waals surface area contributed by atoms with Crippen molar-refractivity contribution in [2.45, 2.75) is 12.1 Å². The third kappa shape index (κ3) is 2.95. The molecule has 10 heteroatoms. The number of carboxylic acid groups (broad SMARTS) is 1. The number of anilines is 1. The molecule has 0 spiro atoms. The first-order chi connectivity index (χ1) is 8.96. The average Bonchev–Trinajstić information content (AvgIpc) is 2.26. The smallest absolute Gasteiger partial charge is 0.463 e. The van der Waals surface area contributed by atoms with Crippen LogP contribution in [0.1, 0.15) is 10.4 Å². The highest BCUT2D eigenvalue weighted by Gasteiger charge is 2.63. The SMILES string of the molecule is O=C(O)c1ccc(NC(=O)C(F)(F)C(F)(F)F)cc1O. The molecule has 5 nitrogen and oxygen atoms in total. The molecule has 0 bridgehead atoms. The van der Waals surface area contributed by atoms with Crippen molar-refractivity contribution in [2.24, 2.45) is 0 Å². The lowest BCUT2D eigenvalue weighted by Gasteiger charge is -2.18. The Kier molecular flexibility index (Phi) is 3.87. The van der Waals surface area contributed by atoms with Gasteiger partial charge in [0.1, 0.15) is 11.3 Å². The predicted octanol–water partition coefficient (Wildman–Crippen LogP) is 2.23. The zero-order valence-electron chi connectivity index (χ0n) is 9.33. The largest absolute Gasteiger partial charge is 0.507 e. The summed E-state index contributed by atoms with van der Waals surface area (Å²) in [7, 11) is 0. The number of carboxylic acids is 1.